The number of hydrogen-bond acceptors (Lipinski definition) is 10. The second-order valence-corrected chi connectivity index (χ2v) is 14.8. The van der Waals surface area contributed by atoms with Gasteiger partial charge in [-0.05, 0) is 64.4 Å². The molecule has 3 atom stereocenters. The SMILES string of the molecule is COc1ccc2c(CN3C(=O)[C@@H](NC(=O)[C@H](C)N(C)C(=O)OC(C)(C)C)[C@H](C)N(C(=O)CS(C)(=O)=O)c4ccccc43)cc(=O)oc2c1. The van der Waals surface area contributed by atoms with E-state index >= 15 is 0 Å². The fourth-order valence-electron chi connectivity index (χ4n) is 5.34. The molecule has 3 aromatic rings. The minimum atomic E-state index is -3.80. The Kier molecular flexibility index (Phi) is 10.2. The highest BCUT2D eigenvalue weighted by molar-refractivity contribution is 7.91. The first-order chi connectivity index (χ1) is 22.3. The Labute approximate surface area is 278 Å². The second kappa shape index (κ2) is 13.7. The normalized spacial score (nSPS) is 17.3. The van der Waals surface area contributed by atoms with Gasteiger partial charge in [0.25, 0.3) is 5.91 Å². The van der Waals surface area contributed by atoms with Gasteiger partial charge in [-0.25, -0.2) is 18.0 Å². The Morgan fingerprint density at radius 3 is 2.31 bits per heavy atom. The number of carbonyl (C=O) groups excluding carboxylic acids is 4. The Hall–Kier alpha value is -4.92. The molecule has 4 rings (SSSR count). The standard InChI is InChI=1S/C33H40N4O10S/c1-19-29(34-30(40)20(2)35(6)32(42)47-33(3,4)5)31(41)36(17-21-15-28(39)46-26-16-22(45-7)13-14-23(21)26)24-11-9-10-12-25(24)37(19)27(38)18-48(8,43)44/h9-16,19-20,29H,17-18H2,1-8H3,(H,34,40)/t19-,20-,29-/m0/s1. The second-order valence-electron chi connectivity index (χ2n) is 12.7. The monoisotopic (exact) mass is 684 g/mol. The number of nitrogens with one attached hydrogen (secondary N) is 1. The lowest BCUT2D eigenvalue weighted by Crippen LogP contribution is -2.60. The van der Waals surface area contributed by atoms with Gasteiger partial charge >= 0.3 is 11.7 Å². The van der Waals surface area contributed by atoms with Crippen molar-refractivity contribution in [1.29, 1.82) is 0 Å². The van der Waals surface area contributed by atoms with Crippen molar-refractivity contribution < 1.29 is 41.5 Å². The molecule has 0 spiro atoms. The molecule has 1 aliphatic rings. The molecule has 48 heavy (non-hydrogen) atoms. The molecule has 0 fully saturated rings. The van der Waals surface area contributed by atoms with E-state index in [2.05, 4.69) is 5.32 Å². The summed E-state index contributed by atoms with van der Waals surface area (Å²) in [5.41, 5.74) is -0.431. The highest BCUT2D eigenvalue weighted by Gasteiger charge is 2.43. The van der Waals surface area contributed by atoms with Crippen molar-refractivity contribution in [1.82, 2.24) is 10.2 Å². The summed E-state index contributed by atoms with van der Waals surface area (Å²) in [5.74, 6) is -2.61. The van der Waals surface area contributed by atoms with Crippen molar-refractivity contribution >= 4 is 56.0 Å². The Morgan fingerprint density at radius 2 is 1.71 bits per heavy atom. The van der Waals surface area contributed by atoms with E-state index in [0.717, 1.165) is 11.2 Å². The highest BCUT2D eigenvalue weighted by atomic mass is 32.2. The number of amides is 4. The Bertz CT molecular complexity index is 1920. The van der Waals surface area contributed by atoms with E-state index in [1.807, 2.05) is 0 Å². The summed E-state index contributed by atoms with van der Waals surface area (Å²) in [7, 11) is -0.958. The number of hydrogen-bond donors (Lipinski definition) is 1. The average Bonchev–Trinajstić information content (AvgIpc) is 3.06. The van der Waals surface area contributed by atoms with Crippen LogP contribution in [-0.4, -0.2) is 87.0 Å². The molecule has 4 amide bonds. The van der Waals surface area contributed by atoms with Crippen molar-refractivity contribution in [3.8, 4) is 5.75 Å². The number of nitrogens with zero attached hydrogens (tertiary/aromatic N) is 3. The fourth-order valence-corrected chi connectivity index (χ4v) is 5.93. The number of ether oxygens (including phenoxy) is 2. The van der Waals surface area contributed by atoms with Crippen LogP contribution in [0.2, 0.25) is 0 Å². The third-order valence-electron chi connectivity index (χ3n) is 7.81. The quantitative estimate of drug-likeness (QED) is 0.348. The largest absolute Gasteiger partial charge is 0.497 e. The van der Waals surface area contributed by atoms with Crippen LogP contribution in [0.4, 0.5) is 16.2 Å². The van der Waals surface area contributed by atoms with Crippen LogP contribution in [0, 0.1) is 0 Å². The van der Waals surface area contributed by atoms with Gasteiger partial charge in [0.2, 0.25) is 11.8 Å². The number of fused-ring (bicyclic) bond motifs is 2. The maximum Gasteiger partial charge on any atom is 0.410 e. The molecule has 1 aliphatic heterocycles. The Balaban J connectivity index is 1.83. The zero-order valence-electron chi connectivity index (χ0n) is 28.1. The molecule has 1 N–H and O–H groups in total. The molecule has 14 nitrogen and oxygen atoms in total. The van der Waals surface area contributed by atoms with Crippen LogP contribution in [0.1, 0.15) is 40.2 Å². The third-order valence-corrected chi connectivity index (χ3v) is 8.58. The van der Waals surface area contributed by atoms with Crippen LogP contribution in [0.5, 0.6) is 5.75 Å². The smallest absolute Gasteiger partial charge is 0.410 e. The highest BCUT2D eigenvalue weighted by Crippen LogP contribution is 2.37. The van der Waals surface area contributed by atoms with E-state index in [-0.39, 0.29) is 23.5 Å². The number of carbonyl (C=O) groups is 4. The van der Waals surface area contributed by atoms with Gasteiger partial charge in [0.1, 0.15) is 34.8 Å². The first kappa shape index (κ1) is 35.9. The number of benzene rings is 2. The summed E-state index contributed by atoms with van der Waals surface area (Å²) >= 11 is 0. The van der Waals surface area contributed by atoms with Gasteiger partial charge in [0, 0.05) is 30.8 Å². The van der Waals surface area contributed by atoms with E-state index in [4.69, 9.17) is 13.9 Å². The minimum Gasteiger partial charge on any atom is -0.497 e. The van der Waals surface area contributed by atoms with Crippen molar-refractivity contribution in [3.05, 3.63) is 64.5 Å². The minimum absolute atomic E-state index is 0.190. The molecule has 0 aliphatic carbocycles. The molecular formula is C33H40N4O10S. The summed E-state index contributed by atoms with van der Waals surface area (Å²) < 4.78 is 40.5. The number of likely N-dealkylation sites (N-methyl/N-ethyl adjacent to an activating group) is 1. The maximum atomic E-state index is 14.6. The van der Waals surface area contributed by atoms with Gasteiger partial charge in [-0.2, -0.15) is 0 Å². The number of para-hydroxylation sites is 2. The van der Waals surface area contributed by atoms with Gasteiger partial charge in [0.05, 0.1) is 31.1 Å². The third kappa shape index (κ3) is 7.95. The lowest BCUT2D eigenvalue weighted by atomic mass is 10.1. The van der Waals surface area contributed by atoms with Gasteiger partial charge in [0.15, 0.2) is 9.84 Å². The van der Waals surface area contributed by atoms with Crippen LogP contribution in [0.25, 0.3) is 11.0 Å². The van der Waals surface area contributed by atoms with Gasteiger partial charge in [-0.3, -0.25) is 19.3 Å². The van der Waals surface area contributed by atoms with E-state index in [1.54, 1.807) is 57.2 Å². The van der Waals surface area contributed by atoms with Crippen LogP contribution in [0.15, 0.2) is 57.7 Å². The molecule has 0 saturated carbocycles. The lowest BCUT2D eigenvalue weighted by Gasteiger charge is -2.33. The number of sulfone groups is 1. The predicted molar refractivity (Wildman–Crippen MR) is 179 cm³/mol. The van der Waals surface area contributed by atoms with Gasteiger partial charge in [-0.15, -0.1) is 0 Å². The lowest BCUT2D eigenvalue weighted by molar-refractivity contribution is -0.131. The summed E-state index contributed by atoms with van der Waals surface area (Å²) in [6.07, 6.45) is 0.154. The molecular weight excluding hydrogens is 644 g/mol. The summed E-state index contributed by atoms with van der Waals surface area (Å²) in [6, 6.07) is 8.93. The van der Waals surface area contributed by atoms with E-state index < -0.39 is 68.8 Å². The summed E-state index contributed by atoms with van der Waals surface area (Å²) in [5, 5.41) is 3.21. The molecule has 0 saturated heterocycles. The zero-order chi connectivity index (χ0) is 35.7. The van der Waals surface area contributed by atoms with E-state index in [1.165, 1.54) is 49.9 Å². The number of methoxy groups -OCH3 is 1. The van der Waals surface area contributed by atoms with E-state index in [0.29, 0.717) is 16.7 Å². The molecule has 2 heterocycles. The molecule has 0 bridgehead atoms. The summed E-state index contributed by atoms with van der Waals surface area (Å²) in [4.78, 5) is 70.8. The molecule has 258 valence electrons. The maximum absolute atomic E-state index is 14.6. The first-order valence-electron chi connectivity index (χ1n) is 15.1. The fraction of sp³-hybridized carbons (Fsp3) is 0.424. The van der Waals surface area contributed by atoms with Crippen LogP contribution in [0.3, 0.4) is 0 Å². The van der Waals surface area contributed by atoms with Crippen LogP contribution in [-0.2, 0) is 35.5 Å². The molecule has 2 aromatic carbocycles. The zero-order valence-corrected chi connectivity index (χ0v) is 28.9. The summed E-state index contributed by atoms with van der Waals surface area (Å²) in [6.45, 7) is 7.82. The molecule has 1 aromatic heterocycles. The van der Waals surface area contributed by atoms with Crippen molar-refractivity contribution in [3.63, 3.8) is 0 Å². The molecule has 15 heteroatoms. The van der Waals surface area contributed by atoms with E-state index in [9.17, 15) is 32.4 Å². The number of anilines is 2. The molecule has 0 radical (unpaired) electrons. The van der Waals surface area contributed by atoms with Gasteiger partial charge in [-0.1, -0.05) is 12.1 Å². The van der Waals surface area contributed by atoms with Crippen molar-refractivity contribution in [2.45, 2.75) is 64.9 Å². The van der Waals surface area contributed by atoms with Gasteiger partial charge < -0.3 is 29.0 Å². The number of rotatable bonds is 8. The van der Waals surface area contributed by atoms with Crippen LogP contribution >= 0.6 is 0 Å². The first-order valence-corrected chi connectivity index (χ1v) is 17.1. The Morgan fingerprint density at radius 1 is 1.06 bits per heavy atom. The predicted octanol–water partition coefficient (Wildman–Crippen LogP) is 2.85. The van der Waals surface area contributed by atoms with Crippen LogP contribution < -0.4 is 25.5 Å². The topological polar surface area (TPSA) is 173 Å². The average molecular weight is 685 g/mol. The van der Waals surface area contributed by atoms with Crippen molar-refractivity contribution in [2.24, 2.45) is 0 Å². The van der Waals surface area contributed by atoms with Crippen molar-refractivity contribution in [2.75, 3.05) is 36.0 Å². The molecule has 0 unspecified atom stereocenters.